The average molecular weight is 761 g/mol. The Morgan fingerprint density at radius 1 is 0.909 bits per heavy atom. The summed E-state index contributed by atoms with van der Waals surface area (Å²) in [6.45, 7) is 6.50. The molecular weight excluding hydrogens is 716 g/mol. The normalized spacial score (nSPS) is 21.0. The molecule has 12 heteroatoms. The molecule has 0 spiro atoms. The number of piperidine rings is 3. The Morgan fingerprint density at radius 2 is 1.65 bits per heavy atom. The van der Waals surface area contributed by atoms with Crippen LogP contribution in [0.5, 0.6) is 5.75 Å². The first-order valence-electron chi connectivity index (χ1n) is 19.1. The number of benzene rings is 3. The highest BCUT2D eigenvalue weighted by atomic mass is 35.5. The first-order chi connectivity index (χ1) is 26.7. The van der Waals surface area contributed by atoms with E-state index in [0.29, 0.717) is 46.6 Å². The summed E-state index contributed by atoms with van der Waals surface area (Å²) in [6.07, 6.45) is 6.07. The number of carbonyl (C=O) groups excluding carboxylic acids is 4. The van der Waals surface area contributed by atoms with E-state index in [1.807, 2.05) is 48.5 Å². The van der Waals surface area contributed by atoms with Gasteiger partial charge in [-0.25, -0.2) is 0 Å². The SMILES string of the molecule is CN1CCC(Oc2ccc(C#N)c(Cl)c2)CC1.O=Cc1ccc(N2CCC(N3CC(C#Cc4ccc5c(c4)CN(C4CCC(=O)NC4=O)C5=O)C3)CC2)cc1. The van der Waals surface area contributed by atoms with E-state index in [-0.39, 0.29) is 24.3 Å². The largest absolute Gasteiger partial charge is 0.490 e. The van der Waals surface area contributed by atoms with Crippen LogP contribution in [0.15, 0.2) is 60.7 Å². The fraction of sp³-hybridized carbons (Fsp3) is 0.419. The van der Waals surface area contributed by atoms with E-state index in [1.165, 1.54) is 5.69 Å². The van der Waals surface area contributed by atoms with Crippen LogP contribution >= 0.6 is 11.6 Å². The van der Waals surface area contributed by atoms with Crippen LogP contribution in [0.3, 0.4) is 0 Å². The standard InChI is InChI=1S/C30H30N4O4.C13H15ClN2O/c35-19-21-3-6-24(7-4-21)32-13-11-25(12-14-32)33-16-22(17-33)2-1-20-5-8-26-23(15-20)18-34(30(26)38)27-9-10-28(36)31-29(27)37;1-16-6-4-11(5-7-16)17-12-3-2-10(9-15)13(14)8-12/h3-8,15,19,22,25,27H,9-14,16-18H2,(H,31,36,37);2-3,8,11H,4-7H2,1H3. The van der Waals surface area contributed by atoms with Gasteiger partial charge < -0.3 is 19.4 Å². The van der Waals surface area contributed by atoms with E-state index in [1.54, 1.807) is 23.1 Å². The Kier molecular flexibility index (Phi) is 11.8. The Balaban J connectivity index is 0.000000229. The van der Waals surface area contributed by atoms with Crippen molar-refractivity contribution in [3.8, 4) is 23.7 Å². The lowest BCUT2D eigenvalue weighted by molar-refractivity contribution is -0.136. The van der Waals surface area contributed by atoms with Crippen LogP contribution < -0.4 is 15.0 Å². The maximum Gasteiger partial charge on any atom is 0.255 e. The first-order valence-corrected chi connectivity index (χ1v) is 19.4. The molecule has 55 heavy (non-hydrogen) atoms. The lowest BCUT2D eigenvalue weighted by atomic mass is 9.93. The first kappa shape index (κ1) is 38.1. The van der Waals surface area contributed by atoms with Gasteiger partial charge in [-0.15, -0.1) is 0 Å². The van der Waals surface area contributed by atoms with Gasteiger partial charge in [0.15, 0.2) is 0 Å². The van der Waals surface area contributed by atoms with Gasteiger partial charge in [0.2, 0.25) is 11.8 Å². The fourth-order valence-corrected chi connectivity index (χ4v) is 8.16. The van der Waals surface area contributed by atoms with Crippen molar-refractivity contribution in [1.82, 2.24) is 20.0 Å². The minimum Gasteiger partial charge on any atom is -0.490 e. The van der Waals surface area contributed by atoms with E-state index in [0.717, 1.165) is 88.1 Å². The molecule has 5 aliphatic heterocycles. The number of ether oxygens (including phenoxy) is 1. The molecule has 1 atom stereocenters. The van der Waals surface area contributed by atoms with E-state index < -0.39 is 11.9 Å². The third-order valence-corrected chi connectivity index (χ3v) is 11.6. The van der Waals surface area contributed by atoms with Gasteiger partial charge in [-0.3, -0.25) is 29.4 Å². The molecule has 4 saturated heterocycles. The molecule has 3 aromatic rings. The number of carbonyl (C=O) groups is 4. The zero-order valence-corrected chi connectivity index (χ0v) is 31.8. The van der Waals surface area contributed by atoms with Crippen LogP contribution in [0.1, 0.15) is 75.9 Å². The molecule has 0 radical (unpaired) electrons. The lowest BCUT2D eigenvalue weighted by Gasteiger charge is -2.46. The molecule has 0 saturated carbocycles. The minimum atomic E-state index is -0.599. The van der Waals surface area contributed by atoms with Crippen molar-refractivity contribution in [1.29, 1.82) is 5.26 Å². The second kappa shape index (κ2) is 17.1. The highest BCUT2D eigenvalue weighted by Gasteiger charge is 2.39. The number of anilines is 1. The second-order valence-electron chi connectivity index (χ2n) is 15.0. The summed E-state index contributed by atoms with van der Waals surface area (Å²) in [5, 5.41) is 11.6. The van der Waals surface area contributed by atoms with Crippen molar-refractivity contribution in [2.75, 3.05) is 51.2 Å². The van der Waals surface area contributed by atoms with Crippen LogP contribution in [0, 0.1) is 29.1 Å². The zero-order chi connectivity index (χ0) is 38.5. The van der Waals surface area contributed by atoms with Gasteiger partial charge >= 0.3 is 0 Å². The summed E-state index contributed by atoms with van der Waals surface area (Å²) < 4.78 is 5.86. The topological polar surface area (TPSA) is 126 Å². The number of hydrogen-bond acceptors (Lipinski definition) is 9. The molecule has 4 fully saturated rings. The smallest absolute Gasteiger partial charge is 0.255 e. The van der Waals surface area contributed by atoms with Crippen LogP contribution in [-0.2, 0) is 16.1 Å². The van der Waals surface area contributed by atoms with E-state index >= 15 is 0 Å². The maximum absolute atomic E-state index is 12.9. The highest BCUT2D eigenvalue weighted by Crippen LogP contribution is 2.30. The highest BCUT2D eigenvalue weighted by molar-refractivity contribution is 6.31. The summed E-state index contributed by atoms with van der Waals surface area (Å²) in [4.78, 5) is 56.3. The van der Waals surface area contributed by atoms with E-state index in [2.05, 4.69) is 38.9 Å². The molecule has 8 rings (SSSR count). The molecule has 0 bridgehead atoms. The van der Waals surface area contributed by atoms with Gasteiger partial charge in [-0.2, -0.15) is 5.26 Å². The summed E-state index contributed by atoms with van der Waals surface area (Å²) in [5.74, 6) is 6.97. The van der Waals surface area contributed by atoms with Crippen molar-refractivity contribution in [3.63, 3.8) is 0 Å². The molecule has 284 valence electrons. The molecular formula is C43H45ClN6O5. The van der Waals surface area contributed by atoms with Crippen molar-refractivity contribution < 1.29 is 23.9 Å². The molecule has 0 aromatic heterocycles. The van der Waals surface area contributed by atoms with Crippen molar-refractivity contribution >= 4 is 41.3 Å². The Labute approximate surface area is 327 Å². The third kappa shape index (κ3) is 9.03. The maximum atomic E-state index is 12.9. The van der Waals surface area contributed by atoms with Crippen LogP contribution in [0.2, 0.25) is 5.02 Å². The number of nitrogens with zero attached hydrogens (tertiary/aromatic N) is 5. The number of hydrogen-bond donors (Lipinski definition) is 1. The fourth-order valence-electron chi connectivity index (χ4n) is 7.95. The Morgan fingerprint density at radius 3 is 2.33 bits per heavy atom. The summed E-state index contributed by atoms with van der Waals surface area (Å²) in [7, 11) is 2.12. The van der Waals surface area contributed by atoms with Gasteiger partial charge in [0.25, 0.3) is 5.91 Å². The van der Waals surface area contributed by atoms with Gasteiger partial charge in [0.1, 0.15) is 30.3 Å². The van der Waals surface area contributed by atoms with E-state index in [4.69, 9.17) is 21.6 Å². The number of rotatable bonds is 6. The van der Waals surface area contributed by atoms with Gasteiger partial charge in [0, 0.05) is 92.6 Å². The van der Waals surface area contributed by atoms with Gasteiger partial charge in [0.05, 0.1) is 10.6 Å². The van der Waals surface area contributed by atoms with Crippen LogP contribution in [0.4, 0.5) is 5.69 Å². The predicted octanol–water partition coefficient (Wildman–Crippen LogP) is 4.90. The zero-order valence-electron chi connectivity index (χ0n) is 31.0. The van der Waals surface area contributed by atoms with Crippen molar-refractivity contribution in [2.45, 2.75) is 63.3 Å². The molecule has 0 aliphatic carbocycles. The number of nitrogens with one attached hydrogen (secondary N) is 1. The number of halogens is 1. The monoisotopic (exact) mass is 760 g/mol. The summed E-state index contributed by atoms with van der Waals surface area (Å²) >= 11 is 5.96. The lowest BCUT2D eigenvalue weighted by Crippen LogP contribution is -2.54. The Hall–Kier alpha value is -5.20. The minimum absolute atomic E-state index is 0.160. The number of aldehydes is 1. The summed E-state index contributed by atoms with van der Waals surface area (Å²) in [6, 6.07) is 20.7. The van der Waals surface area contributed by atoms with Gasteiger partial charge in [-0.1, -0.05) is 23.4 Å². The van der Waals surface area contributed by atoms with E-state index in [9.17, 15) is 19.2 Å². The third-order valence-electron chi connectivity index (χ3n) is 11.3. The van der Waals surface area contributed by atoms with Crippen molar-refractivity contribution in [3.05, 3.63) is 93.5 Å². The predicted molar refractivity (Wildman–Crippen MR) is 209 cm³/mol. The number of fused-ring (bicyclic) bond motifs is 1. The van der Waals surface area contributed by atoms with Crippen LogP contribution in [-0.4, -0.2) is 103 Å². The molecule has 3 aromatic carbocycles. The number of amides is 3. The number of nitriles is 1. The molecule has 5 heterocycles. The number of imide groups is 1. The summed E-state index contributed by atoms with van der Waals surface area (Å²) in [5.41, 5.74) is 4.75. The molecule has 1 N–H and O–H groups in total. The average Bonchev–Trinajstić information content (AvgIpc) is 3.50. The molecule has 1 unspecified atom stereocenters. The van der Waals surface area contributed by atoms with Gasteiger partial charge in [-0.05, 0) is 99.3 Å². The molecule has 5 aliphatic rings. The quantitative estimate of drug-likeness (QED) is 0.212. The van der Waals surface area contributed by atoms with Crippen molar-refractivity contribution in [2.24, 2.45) is 5.92 Å². The number of likely N-dealkylation sites (tertiary alicyclic amines) is 2. The molecule has 3 amide bonds. The Bertz CT molecular complexity index is 2030. The second-order valence-corrected chi connectivity index (χ2v) is 15.4. The molecule has 11 nitrogen and oxygen atoms in total. The van der Waals surface area contributed by atoms with Crippen LogP contribution in [0.25, 0.3) is 0 Å².